The molecule has 1 heterocycles. The monoisotopic (exact) mass is 269 g/mol. The maximum Gasteiger partial charge on any atom is 0.191 e. The predicted molar refractivity (Wildman–Crippen MR) is 76.4 cm³/mol. The van der Waals surface area contributed by atoms with Gasteiger partial charge in [-0.05, 0) is 25.2 Å². The summed E-state index contributed by atoms with van der Waals surface area (Å²) < 4.78 is 11.0. The molecule has 0 aromatic rings. The molecule has 3 unspecified atom stereocenters. The van der Waals surface area contributed by atoms with Crippen LogP contribution in [-0.4, -0.2) is 52.0 Å². The second kappa shape index (κ2) is 7.70. The molecule has 19 heavy (non-hydrogen) atoms. The van der Waals surface area contributed by atoms with E-state index in [0.717, 1.165) is 57.7 Å². The van der Waals surface area contributed by atoms with Crippen LogP contribution >= 0.6 is 0 Å². The third kappa shape index (κ3) is 5.37. The minimum atomic E-state index is 0.610. The molecule has 1 saturated heterocycles. The van der Waals surface area contributed by atoms with Crippen molar-refractivity contribution in [2.24, 2.45) is 16.8 Å². The largest absolute Gasteiger partial charge is 0.381 e. The fourth-order valence-electron chi connectivity index (χ4n) is 2.24. The minimum absolute atomic E-state index is 0.610. The Morgan fingerprint density at radius 2 is 2.32 bits per heavy atom. The lowest BCUT2D eigenvalue weighted by Gasteiger charge is -2.12. The molecule has 3 atom stereocenters. The summed E-state index contributed by atoms with van der Waals surface area (Å²) in [7, 11) is 1.82. The van der Waals surface area contributed by atoms with Gasteiger partial charge in [0, 0.05) is 38.8 Å². The molecule has 0 spiro atoms. The van der Waals surface area contributed by atoms with Crippen LogP contribution < -0.4 is 10.6 Å². The van der Waals surface area contributed by atoms with E-state index in [-0.39, 0.29) is 0 Å². The van der Waals surface area contributed by atoms with Crippen LogP contribution in [0, 0.1) is 11.8 Å². The Morgan fingerprint density at radius 1 is 1.47 bits per heavy atom. The summed E-state index contributed by atoms with van der Waals surface area (Å²) in [6.07, 6.45) is 3.41. The Morgan fingerprint density at radius 3 is 2.95 bits per heavy atom. The highest BCUT2D eigenvalue weighted by molar-refractivity contribution is 5.80. The van der Waals surface area contributed by atoms with Crippen molar-refractivity contribution in [2.45, 2.75) is 32.2 Å². The van der Waals surface area contributed by atoms with Gasteiger partial charge in [0.25, 0.3) is 0 Å². The van der Waals surface area contributed by atoms with Gasteiger partial charge in [-0.15, -0.1) is 0 Å². The summed E-state index contributed by atoms with van der Waals surface area (Å²) in [6.45, 7) is 6.58. The third-order valence-corrected chi connectivity index (χ3v) is 3.79. The molecule has 0 radical (unpaired) electrons. The van der Waals surface area contributed by atoms with Crippen LogP contribution in [0.1, 0.15) is 26.2 Å². The molecule has 1 aliphatic carbocycles. The molecular weight excluding hydrogens is 242 g/mol. The van der Waals surface area contributed by atoms with Crippen LogP contribution in [0.3, 0.4) is 0 Å². The number of hydrogen-bond acceptors (Lipinski definition) is 3. The van der Waals surface area contributed by atoms with E-state index in [9.17, 15) is 0 Å². The van der Waals surface area contributed by atoms with Crippen LogP contribution in [-0.2, 0) is 9.47 Å². The number of hydrogen-bond donors (Lipinski definition) is 2. The van der Waals surface area contributed by atoms with E-state index in [1.165, 1.54) is 6.42 Å². The van der Waals surface area contributed by atoms with Crippen LogP contribution in [0.4, 0.5) is 0 Å². The molecule has 0 aromatic carbocycles. The first kappa shape index (κ1) is 14.6. The van der Waals surface area contributed by atoms with Crippen molar-refractivity contribution >= 4 is 5.96 Å². The van der Waals surface area contributed by atoms with Gasteiger partial charge in [0.15, 0.2) is 5.96 Å². The normalized spacial score (nSPS) is 30.4. The number of aliphatic imine (C=N–C) groups is 1. The number of ether oxygens (including phenoxy) is 2. The van der Waals surface area contributed by atoms with Gasteiger partial charge in [0.1, 0.15) is 0 Å². The van der Waals surface area contributed by atoms with Crippen LogP contribution in [0.25, 0.3) is 0 Å². The highest BCUT2D eigenvalue weighted by Gasteiger charge is 2.33. The molecule has 0 aromatic heterocycles. The highest BCUT2D eigenvalue weighted by Crippen LogP contribution is 2.28. The van der Waals surface area contributed by atoms with E-state index < -0.39 is 0 Å². The van der Waals surface area contributed by atoms with Crippen molar-refractivity contribution in [1.29, 1.82) is 0 Å². The van der Waals surface area contributed by atoms with Gasteiger partial charge in [0.05, 0.1) is 13.2 Å². The first-order valence-corrected chi connectivity index (χ1v) is 7.42. The van der Waals surface area contributed by atoms with Gasteiger partial charge in [0.2, 0.25) is 0 Å². The summed E-state index contributed by atoms with van der Waals surface area (Å²) >= 11 is 0. The van der Waals surface area contributed by atoms with E-state index in [2.05, 4.69) is 22.5 Å². The lowest BCUT2D eigenvalue weighted by atomic mass is 10.1. The number of nitrogens with zero attached hydrogens (tertiary/aromatic N) is 1. The maximum absolute atomic E-state index is 5.66. The summed E-state index contributed by atoms with van der Waals surface area (Å²) in [6, 6.07) is 0.616. The molecule has 5 heteroatoms. The van der Waals surface area contributed by atoms with Crippen molar-refractivity contribution in [3.05, 3.63) is 0 Å². The fourth-order valence-corrected chi connectivity index (χ4v) is 2.24. The van der Waals surface area contributed by atoms with E-state index in [1.54, 1.807) is 0 Å². The maximum atomic E-state index is 5.66. The average molecular weight is 269 g/mol. The molecule has 2 fully saturated rings. The molecular formula is C14H27N3O2. The quantitative estimate of drug-likeness (QED) is 0.411. The van der Waals surface area contributed by atoms with Crippen molar-refractivity contribution in [2.75, 3.05) is 40.0 Å². The van der Waals surface area contributed by atoms with Crippen molar-refractivity contribution in [1.82, 2.24) is 10.6 Å². The summed E-state index contributed by atoms with van der Waals surface area (Å²) in [5, 5.41) is 6.73. The molecule has 0 amide bonds. The van der Waals surface area contributed by atoms with Crippen molar-refractivity contribution < 1.29 is 9.47 Å². The van der Waals surface area contributed by atoms with Gasteiger partial charge in [-0.25, -0.2) is 0 Å². The standard InChI is InChI=1S/C14H27N3O2/c1-11-8-13(11)17-14(15-2)16-5-3-6-18-9-12-4-7-19-10-12/h11-13H,3-10H2,1-2H3,(H2,15,16,17). The Bertz CT molecular complexity index is 290. The topological polar surface area (TPSA) is 54.9 Å². The van der Waals surface area contributed by atoms with E-state index in [0.29, 0.717) is 12.0 Å². The van der Waals surface area contributed by atoms with Gasteiger partial charge in [-0.2, -0.15) is 0 Å². The second-order valence-corrected chi connectivity index (χ2v) is 5.62. The van der Waals surface area contributed by atoms with Crippen LogP contribution in [0.15, 0.2) is 4.99 Å². The van der Waals surface area contributed by atoms with E-state index in [4.69, 9.17) is 9.47 Å². The van der Waals surface area contributed by atoms with E-state index >= 15 is 0 Å². The van der Waals surface area contributed by atoms with Gasteiger partial charge < -0.3 is 20.1 Å². The lowest BCUT2D eigenvalue weighted by Crippen LogP contribution is -2.39. The summed E-state index contributed by atoms with van der Waals surface area (Å²) in [5.41, 5.74) is 0. The molecule has 110 valence electrons. The highest BCUT2D eigenvalue weighted by atomic mass is 16.5. The number of nitrogens with one attached hydrogen (secondary N) is 2. The number of guanidine groups is 1. The first-order valence-electron chi connectivity index (χ1n) is 7.42. The predicted octanol–water partition coefficient (Wildman–Crippen LogP) is 1.00. The molecule has 2 N–H and O–H groups in total. The Hall–Kier alpha value is -0.810. The first-order chi connectivity index (χ1) is 9.29. The molecule has 2 aliphatic rings. The molecule has 0 bridgehead atoms. The van der Waals surface area contributed by atoms with Gasteiger partial charge in [-0.3, -0.25) is 4.99 Å². The zero-order valence-electron chi connectivity index (χ0n) is 12.2. The third-order valence-electron chi connectivity index (χ3n) is 3.79. The van der Waals surface area contributed by atoms with Crippen molar-refractivity contribution in [3.63, 3.8) is 0 Å². The minimum Gasteiger partial charge on any atom is -0.381 e. The zero-order valence-corrected chi connectivity index (χ0v) is 12.2. The van der Waals surface area contributed by atoms with E-state index in [1.807, 2.05) is 7.05 Å². The molecule has 2 rings (SSSR count). The smallest absolute Gasteiger partial charge is 0.191 e. The summed E-state index contributed by atoms with van der Waals surface area (Å²) in [5.74, 6) is 2.31. The number of rotatable bonds is 7. The Kier molecular flexibility index (Phi) is 5.92. The van der Waals surface area contributed by atoms with Crippen LogP contribution in [0.2, 0.25) is 0 Å². The Balaban J connectivity index is 1.44. The average Bonchev–Trinajstić information content (AvgIpc) is 2.91. The SMILES string of the molecule is CN=C(NCCCOCC1CCOC1)NC1CC1C. The fraction of sp³-hybridized carbons (Fsp3) is 0.929. The van der Waals surface area contributed by atoms with Crippen LogP contribution in [0.5, 0.6) is 0 Å². The zero-order chi connectivity index (χ0) is 13.5. The van der Waals surface area contributed by atoms with Gasteiger partial charge in [-0.1, -0.05) is 6.92 Å². The Labute approximate surface area is 116 Å². The van der Waals surface area contributed by atoms with Gasteiger partial charge >= 0.3 is 0 Å². The molecule has 1 aliphatic heterocycles. The molecule has 1 saturated carbocycles. The molecule has 5 nitrogen and oxygen atoms in total. The lowest BCUT2D eigenvalue weighted by molar-refractivity contribution is 0.0888. The van der Waals surface area contributed by atoms with Crippen molar-refractivity contribution in [3.8, 4) is 0 Å². The summed E-state index contributed by atoms with van der Waals surface area (Å²) in [4.78, 5) is 4.22. The second-order valence-electron chi connectivity index (χ2n) is 5.62.